The number of carbonyl (C=O) groups is 1. The van der Waals surface area contributed by atoms with E-state index in [1.54, 1.807) is 37.3 Å². The lowest BCUT2D eigenvalue weighted by molar-refractivity contribution is -0.128. The Bertz CT molecular complexity index is 1340. The van der Waals surface area contributed by atoms with Gasteiger partial charge < -0.3 is 14.8 Å². The van der Waals surface area contributed by atoms with Gasteiger partial charge in [0.2, 0.25) is 6.10 Å². The summed E-state index contributed by atoms with van der Waals surface area (Å²) in [5, 5.41) is 2.83. The molecule has 0 aromatic heterocycles. The Morgan fingerprint density at radius 2 is 1.74 bits per heavy atom. The van der Waals surface area contributed by atoms with Gasteiger partial charge >= 0.3 is 0 Å². The molecule has 0 saturated carbocycles. The number of nitrogens with one attached hydrogen (secondary N) is 1. The Kier molecular flexibility index (Phi) is 5.65. The zero-order chi connectivity index (χ0) is 23.9. The molecule has 0 spiro atoms. The van der Waals surface area contributed by atoms with Crippen molar-refractivity contribution in [3.05, 3.63) is 78.1 Å². The van der Waals surface area contributed by atoms with Gasteiger partial charge in [0.15, 0.2) is 11.5 Å². The molecule has 34 heavy (non-hydrogen) atoms. The normalized spacial score (nSPS) is 19.3. The molecule has 1 N–H and O–H groups in total. The zero-order valence-electron chi connectivity index (χ0n) is 18.4. The molecule has 0 bridgehead atoms. The summed E-state index contributed by atoms with van der Waals surface area (Å²) in [6.45, 7) is 2.04. The first-order valence-electron chi connectivity index (χ1n) is 11.0. The number of hydrogen-bond donors (Lipinski definition) is 1. The van der Waals surface area contributed by atoms with Crippen molar-refractivity contribution in [2.75, 3.05) is 16.2 Å². The largest absolute Gasteiger partial charge is 0.482 e. The molecule has 2 heterocycles. The van der Waals surface area contributed by atoms with Gasteiger partial charge in [0, 0.05) is 12.2 Å². The molecule has 2 aliphatic heterocycles. The van der Waals surface area contributed by atoms with Crippen LogP contribution in [0.15, 0.2) is 71.6 Å². The van der Waals surface area contributed by atoms with Crippen molar-refractivity contribution in [1.29, 1.82) is 0 Å². The van der Waals surface area contributed by atoms with E-state index in [1.165, 1.54) is 16.4 Å². The Morgan fingerprint density at radius 3 is 2.47 bits per heavy atom. The number of carbonyl (C=O) groups excluding carboxylic acids is 1. The Balaban J connectivity index is 1.40. The van der Waals surface area contributed by atoms with Gasteiger partial charge in [-0.2, -0.15) is 0 Å². The third-order valence-corrected chi connectivity index (χ3v) is 7.76. The smallest absolute Gasteiger partial charge is 0.269 e. The third kappa shape index (κ3) is 4.07. The summed E-state index contributed by atoms with van der Waals surface area (Å²) in [5.41, 5.74) is 1.79. The number of ether oxygens (including phenoxy) is 2. The molecule has 0 radical (unpaired) electrons. The van der Waals surface area contributed by atoms with Gasteiger partial charge in [0.1, 0.15) is 11.9 Å². The van der Waals surface area contributed by atoms with Crippen molar-refractivity contribution in [1.82, 2.24) is 0 Å². The van der Waals surface area contributed by atoms with Gasteiger partial charge in [-0.25, -0.2) is 12.8 Å². The van der Waals surface area contributed by atoms with Crippen LogP contribution in [0.3, 0.4) is 0 Å². The first-order chi connectivity index (χ1) is 16.3. The number of hydrogen-bond acceptors (Lipinski definition) is 5. The van der Waals surface area contributed by atoms with Crippen molar-refractivity contribution in [2.24, 2.45) is 0 Å². The van der Waals surface area contributed by atoms with E-state index in [0.29, 0.717) is 35.7 Å². The van der Waals surface area contributed by atoms with Crippen LogP contribution in [0, 0.1) is 5.82 Å². The predicted molar refractivity (Wildman–Crippen MR) is 125 cm³/mol. The zero-order valence-corrected chi connectivity index (χ0v) is 19.2. The highest BCUT2D eigenvalue weighted by atomic mass is 32.2. The highest BCUT2D eigenvalue weighted by Crippen LogP contribution is 2.36. The molecule has 0 saturated heterocycles. The molecule has 176 valence electrons. The van der Waals surface area contributed by atoms with Crippen LogP contribution in [-0.4, -0.2) is 33.1 Å². The molecule has 9 heteroatoms. The maximum absolute atomic E-state index is 13.3. The third-order valence-electron chi connectivity index (χ3n) is 5.93. The predicted octanol–water partition coefficient (Wildman–Crippen LogP) is 4.13. The second-order valence-electron chi connectivity index (χ2n) is 8.28. The van der Waals surface area contributed by atoms with Crippen molar-refractivity contribution in [2.45, 2.75) is 36.9 Å². The summed E-state index contributed by atoms with van der Waals surface area (Å²) in [5.74, 6) is 0.164. The maximum Gasteiger partial charge on any atom is 0.269 e. The van der Waals surface area contributed by atoms with Crippen molar-refractivity contribution in [3.8, 4) is 11.5 Å². The topological polar surface area (TPSA) is 84.9 Å². The quantitative estimate of drug-likeness (QED) is 0.604. The molecule has 3 aromatic rings. The lowest BCUT2D eigenvalue weighted by atomic mass is 10.0. The van der Waals surface area contributed by atoms with E-state index in [9.17, 15) is 17.6 Å². The average molecular weight is 483 g/mol. The molecule has 0 unspecified atom stereocenters. The van der Waals surface area contributed by atoms with E-state index in [1.807, 2.05) is 12.1 Å². The summed E-state index contributed by atoms with van der Waals surface area (Å²) in [6, 6.07) is 17.1. The van der Waals surface area contributed by atoms with E-state index in [2.05, 4.69) is 5.32 Å². The van der Waals surface area contributed by atoms with Crippen LogP contribution < -0.4 is 19.1 Å². The summed E-state index contributed by atoms with van der Waals surface area (Å²) >= 11 is 0. The second kappa shape index (κ2) is 8.64. The second-order valence-corrected chi connectivity index (χ2v) is 10.1. The fraction of sp³-hybridized carbons (Fsp3) is 0.240. The fourth-order valence-electron chi connectivity index (χ4n) is 4.22. The average Bonchev–Trinajstić information content (AvgIpc) is 2.83. The first-order valence-corrected chi connectivity index (χ1v) is 12.4. The molecule has 2 atom stereocenters. The van der Waals surface area contributed by atoms with Crippen LogP contribution in [0.5, 0.6) is 11.5 Å². The molecular weight excluding hydrogens is 459 g/mol. The minimum Gasteiger partial charge on any atom is -0.482 e. The van der Waals surface area contributed by atoms with Gasteiger partial charge in [-0.1, -0.05) is 18.2 Å². The molecule has 0 fully saturated rings. The number of benzene rings is 3. The van der Waals surface area contributed by atoms with Crippen LogP contribution in [0.4, 0.5) is 15.8 Å². The minimum absolute atomic E-state index is 0.0106. The first kappa shape index (κ1) is 22.2. The van der Waals surface area contributed by atoms with Gasteiger partial charge in [-0.3, -0.25) is 9.10 Å². The van der Waals surface area contributed by atoms with Crippen molar-refractivity contribution < 1.29 is 27.1 Å². The molecular formula is C25H23FN2O5S. The number of fused-ring (bicyclic) bond motifs is 2. The molecule has 0 aliphatic carbocycles. The van der Waals surface area contributed by atoms with Gasteiger partial charge in [0.25, 0.3) is 15.9 Å². The van der Waals surface area contributed by atoms with Crippen LogP contribution in [0.1, 0.15) is 18.9 Å². The van der Waals surface area contributed by atoms with E-state index in [4.69, 9.17) is 9.47 Å². The van der Waals surface area contributed by atoms with Gasteiger partial charge in [-0.05, 0) is 73.9 Å². The summed E-state index contributed by atoms with van der Waals surface area (Å²) in [6.07, 6.45) is -0.0109. The maximum atomic E-state index is 13.3. The van der Waals surface area contributed by atoms with Crippen molar-refractivity contribution >= 4 is 27.3 Å². The van der Waals surface area contributed by atoms with E-state index in [0.717, 1.165) is 17.7 Å². The summed E-state index contributed by atoms with van der Waals surface area (Å²) in [4.78, 5) is 13.0. The Labute approximate surface area is 197 Å². The van der Waals surface area contributed by atoms with E-state index < -0.39 is 34.0 Å². The minimum atomic E-state index is -3.89. The molecule has 7 nitrogen and oxygen atoms in total. The Hall–Kier alpha value is -3.59. The summed E-state index contributed by atoms with van der Waals surface area (Å²) in [7, 11) is -3.89. The number of aryl methyl sites for hydroxylation is 1. The molecule has 5 rings (SSSR count). The lowest BCUT2D eigenvalue weighted by Gasteiger charge is -2.32. The summed E-state index contributed by atoms with van der Waals surface area (Å²) < 4.78 is 52.9. The number of nitrogens with zero attached hydrogens (tertiary/aromatic N) is 1. The molecule has 1 amide bonds. The van der Waals surface area contributed by atoms with Crippen LogP contribution in [0.25, 0.3) is 0 Å². The van der Waals surface area contributed by atoms with Crippen LogP contribution in [0.2, 0.25) is 0 Å². The number of amides is 1. The van der Waals surface area contributed by atoms with Crippen molar-refractivity contribution in [3.63, 3.8) is 0 Å². The number of para-hydroxylation sites is 2. The standard InChI is InChI=1S/C25H23FN2O5S/c1-16-24(33-23-7-3-2-6-22(23)32-16)25(29)27-19-11-8-17-5-4-14-28(21(17)15-19)34(30,31)20-12-9-18(26)10-13-20/h2-3,6-13,15-16,24H,4-5,14H2,1H3,(H,27,29)/t16-,24+/m0/s1. The number of halogens is 1. The van der Waals surface area contributed by atoms with Gasteiger partial charge in [0.05, 0.1) is 10.6 Å². The lowest BCUT2D eigenvalue weighted by Crippen LogP contribution is -2.46. The number of anilines is 2. The highest BCUT2D eigenvalue weighted by Gasteiger charge is 2.35. The fourth-order valence-corrected chi connectivity index (χ4v) is 5.75. The van der Waals surface area contributed by atoms with Crippen LogP contribution >= 0.6 is 0 Å². The number of sulfonamides is 1. The van der Waals surface area contributed by atoms with Crippen LogP contribution in [-0.2, 0) is 21.2 Å². The SMILES string of the molecule is C[C@@H]1Oc2ccccc2O[C@H]1C(=O)Nc1ccc2c(c1)N(S(=O)(=O)c1ccc(F)cc1)CCC2. The monoisotopic (exact) mass is 482 g/mol. The Morgan fingerprint density at radius 1 is 1.03 bits per heavy atom. The van der Waals surface area contributed by atoms with E-state index >= 15 is 0 Å². The van der Waals surface area contributed by atoms with Gasteiger partial charge in [-0.15, -0.1) is 0 Å². The number of rotatable bonds is 4. The van der Waals surface area contributed by atoms with E-state index in [-0.39, 0.29) is 11.4 Å². The molecule has 2 aliphatic rings. The highest BCUT2D eigenvalue weighted by molar-refractivity contribution is 7.92. The molecule has 3 aromatic carbocycles.